The van der Waals surface area contributed by atoms with Gasteiger partial charge in [-0.05, 0) is 49.8 Å². The number of fused-ring (bicyclic) bond motifs is 1. The van der Waals surface area contributed by atoms with Crippen LogP contribution in [0.5, 0.6) is 0 Å². The van der Waals surface area contributed by atoms with E-state index in [0.717, 1.165) is 5.57 Å². The highest BCUT2D eigenvalue weighted by atomic mass is 35.5. The Hall–Kier alpha value is -4.11. The molecule has 47 heavy (non-hydrogen) atoms. The van der Waals surface area contributed by atoms with Crippen molar-refractivity contribution in [1.82, 2.24) is 19.4 Å². The molecule has 5 rings (SSSR count). The van der Waals surface area contributed by atoms with Crippen molar-refractivity contribution in [2.24, 2.45) is 5.92 Å². The van der Waals surface area contributed by atoms with Crippen molar-refractivity contribution in [1.29, 1.82) is 5.26 Å². The van der Waals surface area contributed by atoms with Crippen LogP contribution in [0.15, 0.2) is 41.4 Å². The van der Waals surface area contributed by atoms with E-state index in [2.05, 4.69) is 12.6 Å². The number of nitrogens with zero attached hydrogens (tertiary/aromatic N) is 6. The molecule has 14 heteroatoms. The number of aromatic nitrogens is 2. The number of anilines is 2. The maximum absolute atomic E-state index is 15.6. The Morgan fingerprint density at radius 2 is 1.89 bits per heavy atom. The standard InChI is InChI=1S/C33H32Cl3F2N7O2/c1-7-21(46)44-11-10-43(14-17(44)5)31-18-12-20(34)28(22-23(35)27(40)24(36)26(38)25(22)37)41-32(18)45(33(47)19(31)13-39)30-16(4)8-9-42(6)29(30)15(2)3/h7-9,12,15,17,29H,1,10-11,14,40H2,2-6H3/t17-,29?/m1/s1. The quantitative estimate of drug-likeness (QED) is 0.136. The number of benzene rings is 1. The highest BCUT2D eigenvalue weighted by Gasteiger charge is 2.35. The molecule has 246 valence electrons. The number of rotatable bonds is 5. The lowest BCUT2D eigenvalue weighted by Crippen LogP contribution is -2.54. The van der Waals surface area contributed by atoms with Gasteiger partial charge in [0.05, 0.1) is 44.4 Å². The van der Waals surface area contributed by atoms with E-state index in [1.165, 1.54) is 16.7 Å². The van der Waals surface area contributed by atoms with Crippen LogP contribution < -0.4 is 16.2 Å². The number of carbonyl (C=O) groups is 1. The Morgan fingerprint density at radius 1 is 1.21 bits per heavy atom. The third kappa shape index (κ3) is 5.52. The summed E-state index contributed by atoms with van der Waals surface area (Å²) >= 11 is 19.1. The van der Waals surface area contributed by atoms with Gasteiger partial charge in [-0.15, -0.1) is 0 Å². The molecule has 4 heterocycles. The predicted octanol–water partition coefficient (Wildman–Crippen LogP) is 6.69. The van der Waals surface area contributed by atoms with Crippen molar-refractivity contribution in [3.8, 4) is 17.3 Å². The average Bonchev–Trinajstić information content (AvgIpc) is 3.03. The lowest BCUT2D eigenvalue weighted by molar-refractivity contribution is -0.128. The van der Waals surface area contributed by atoms with E-state index in [9.17, 15) is 19.2 Å². The molecule has 0 bridgehead atoms. The summed E-state index contributed by atoms with van der Waals surface area (Å²) in [6.07, 6.45) is 4.97. The molecule has 1 fully saturated rings. The number of halogens is 5. The van der Waals surface area contributed by atoms with Gasteiger partial charge in [0.2, 0.25) is 5.91 Å². The smallest absolute Gasteiger partial charge is 0.276 e. The van der Waals surface area contributed by atoms with E-state index in [4.69, 9.17) is 45.5 Å². The van der Waals surface area contributed by atoms with Crippen molar-refractivity contribution >= 4 is 68.8 Å². The monoisotopic (exact) mass is 701 g/mol. The fourth-order valence-electron chi connectivity index (χ4n) is 6.49. The zero-order valence-corrected chi connectivity index (χ0v) is 28.6. The van der Waals surface area contributed by atoms with Crippen molar-refractivity contribution < 1.29 is 13.6 Å². The molecule has 2 N–H and O–H groups in total. The van der Waals surface area contributed by atoms with Gasteiger partial charge in [-0.1, -0.05) is 55.2 Å². The number of piperazine rings is 1. The van der Waals surface area contributed by atoms with E-state index in [-0.39, 0.29) is 64.6 Å². The molecule has 1 saturated heterocycles. The first-order valence-corrected chi connectivity index (χ1v) is 15.9. The van der Waals surface area contributed by atoms with Crippen LogP contribution in [0.4, 0.5) is 20.2 Å². The number of pyridine rings is 2. The van der Waals surface area contributed by atoms with Crippen LogP contribution in [-0.2, 0) is 4.79 Å². The Balaban J connectivity index is 1.92. The zero-order valence-electron chi connectivity index (χ0n) is 26.3. The minimum Gasteiger partial charge on any atom is -0.396 e. The van der Waals surface area contributed by atoms with Crippen LogP contribution in [0.1, 0.15) is 33.3 Å². The molecule has 1 aromatic carbocycles. The van der Waals surface area contributed by atoms with Gasteiger partial charge in [-0.25, -0.2) is 13.8 Å². The highest BCUT2D eigenvalue weighted by Crippen LogP contribution is 2.45. The number of nitriles is 1. The SMILES string of the molecule is C=CC(=O)N1CCN(c2c(C#N)c(=O)n(C3=C(C)C=CN(C)C3C(C)C)c3nc(-c4c(F)c(F)c(Cl)c(N)c4Cl)c(Cl)cc23)C[C@H]1C. The normalized spacial score (nSPS) is 18.4. The third-order valence-corrected chi connectivity index (χ3v) is 9.73. The van der Waals surface area contributed by atoms with E-state index in [1.807, 2.05) is 56.8 Å². The third-order valence-electron chi connectivity index (χ3n) is 8.68. The fourth-order valence-corrected chi connectivity index (χ4v) is 7.23. The second-order valence-electron chi connectivity index (χ2n) is 12.0. The molecule has 2 aliphatic rings. The molecule has 0 spiro atoms. The van der Waals surface area contributed by atoms with Gasteiger partial charge < -0.3 is 20.4 Å². The minimum absolute atomic E-state index is 0.0118. The minimum atomic E-state index is -1.43. The van der Waals surface area contributed by atoms with E-state index >= 15 is 4.39 Å². The number of likely N-dealkylation sites (N-methyl/N-ethyl adjacent to an activating group) is 1. The summed E-state index contributed by atoms with van der Waals surface area (Å²) in [6, 6.07) is 2.93. The molecule has 1 unspecified atom stereocenters. The van der Waals surface area contributed by atoms with Crippen molar-refractivity contribution in [3.05, 3.63) is 79.2 Å². The van der Waals surface area contributed by atoms with Gasteiger partial charge in [0.15, 0.2) is 11.6 Å². The average molecular weight is 703 g/mol. The van der Waals surface area contributed by atoms with Gasteiger partial charge in [-0.3, -0.25) is 14.2 Å². The largest absolute Gasteiger partial charge is 0.396 e. The topological polar surface area (TPSA) is 111 Å². The molecule has 9 nitrogen and oxygen atoms in total. The molecule has 3 aromatic rings. The second-order valence-corrected chi connectivity index (χ2v) is 13.1. The number of hydrogen-bond acceptors (Lipinski definition) is 7. The summed E-state index contributed by atoms with van der Waals surface area (Å²) in [4.78, 5) is 37.2. The van der Waals surface area contributed by atoms with E-state index in [1.54, 1.807) is 4.90 Å². The summed E-state index contributed by atoms with van der Waals surface area (Å²) in [6.45, 7) is 12.1. The molecular weight excluding hydrogens is 671 g/mol. The number of carbonyl (C=O) groups excluding carboxylic acids is 1. The number of allylic oxidation sites excluding steroid dienone is 2. The number of amides is 1. The summed E-state index contributed by atoms with van der Waals surface area (Å²) < 4.78 is 31.8. The Labute approximate surface area is 285 Å². The molecule has 0 radical (unpaired) electrons. The first-order chi connectivity index (χ1) is 22.2. The van der Waals surface area contributed by atoms with Crippen molar-refractivity contribution in [3.63, 3.8) is 0 Å². The molecule has 2 aromatic heterocycles. The lowest BCUT2D eigenvalue weighted by atomic mass is 9.93. The first-order valence-electron chi connectivity index (χ1n) is 14.8. The highest BCUT2D eigenvalue weighted by molar-refractivity contribution is 6.41. The summed E-state index contributed by atoms with van der Waals surface area (Å²) in [5.41, 5.74) is 5.47. The number of nitrogen functional groups attached to an aromatic ring is 1. The maximum atomic E-state index is 15.6. The van der Waals surface area contributed by atoms with Gasteiger partial charge in [-0.2, -0.15) is 5.26 Å². The molecular formula is C33H32Cl3F2N7O2. The van der Waals surface area contributed by atoms with Gasteiger partial charge in [0.25, 0.3) is 5.56 Å². The Bertz CT molecular complexity index is 1990. The Kier molecular flexibility index (Phi) is 9.34. The van der Waals surface area contributed by atoms with Crippen LogP contribution in [0.2, 0.25) is 15.1 Å². The fraction of sp³-hybridized carbons (Fsp3) is 0.333. The summed E-state index contributed by atoms with van der Waals surface area (Å²) in [7, 11) is 1.87. The Morgan fingerprint density at radius 3 is 2.49 bits per heavy atom. The van der Waals surface area contributed by atoms with Crippen molar-refractivity contribution in [2.75, 3.05) is 37.3 Å². The summed E-state index contributed by atoms with van der Waals surface area (Å²) in [5.74, 6) is -3.10. The van der Waals surface area contributed by atoms with Crippen LogP contribution in [-0.4, -0.2) is 64.0 Å². The van der Waals surface area contributed by atoms with Gasteiger partial charge in [0, 0.05) is 38.1 Å². The predicted molar refractivity (Wildman–Crippen MR) is 184 cm³/mol. The van der Waals surface area contributed by atoms with Crippen LogP contribution >= 0.6 is 34.8 Å². The second kappa shape index (κ2) is 12.8. The van der Waals surface area contributed by atoms with Gasteiger partial charge in [0.1, 0.15) is 22.3 Å². The van der Waals surface area contributed by atoms with E-state index < -0.39 is 38.5 Å². The van der Waals surface area contributed by atoms with Gasteiger partial charge >= 0.3 is 0 Å². The molecule has 0 saturated carbocycles. The van der Waals surface area contributed by atoms with Crippen molar-refractivity contribution in [2.45, 2.75) is 39.8 Å². The molecule has 1 amide bonds. The zero-order chi connectivity index (χ0) is 34.6. The van der Waals surface area contributed by atoms with Crippen LogP contribution in [0.3, 0.4) is 0 Å². The number of hydrogen-bond donors (Lipinski definition) is 1. The molecule has 2 aliphatic heterocycles. The van der Waals surface area contributed by atoms with E-state index in [0.29, 0.717) is 17.6 Å². The molecule has 0 aliphatic carbocycles. The molecule has 2 atom stereocenters. The summed E-state index contributed by atoms with van der Waals surface area (Å²) in [5, 5.41) is 9.59. The van der Waals surface area contributed by atoms with Crippen LogP contribution in [0.25, 0.3) is 28.0 Å². The van der Waals surface area contributed by atoms with Crippen LogP contribution in [0, 0.1) is 28.9 Å². The maximum Gasteiger partial charge on any atom is 0.276 e. The lowest BCUT2D eigenvalue weighted by Gasteiger charge is -2.41. The number of nitrogens with two attached hydrogens (primary N) is 1. The first kappa shape index (κ1) is 34.2.